The van der Waals surface area contributed by atoms with Gasteiger partial charge in [-0.15, -0.1) is 105 Å². The first kappa shape index (κ1) is 92.0. The normalized spacial score (nSPS) is 12.8. The van der Waals surface area contributed by atoms with Crippen molar-refractivity contribution in [1.82, 2.24) is 15.0 Å². The minimum Gasteiger partial charge on any atom is -0.513 e. The SMILES string of the molecule is CC(C)C(O)=CC(O)C(C)C.CC(C)CC(O)=CC(O)CC(C)C.CC(O)=CC(C)O.Cc1[c-]c(-c2ccc3c(C(C)(C)C)cccc3n2)cc(C)c1.Cc1[c-]c(-c2ccc3c(C(C)(C)C)cccc3n2)cc(C)c1.Cc1[c-]c(-c2ccc3c(C(C)(C)C)cccc3n2)cc(C)c1.[Ir].[Ir].[Ir]. The standard InChI is InChI=1S/3C21H22N.C11H22O2.C9H18O2.C5H10O2.3Ir/c3*1-14-11-15(2)13-16(12-14)19-10-9-17-18(21(3,4)5)7-6-8-20(17)22-19;1-8(2)5-10(12)7-11(13)6-9(3)4;1-6(2)8(10)5-9(11)7(3)4;1-4(6)3-5(2)7;;;/h3*6-12H,1-5H3;7-10,12-13H,5-6H2,1-4H3;5-8,10-11H,1-4H3;3-4,6-7H,1-2H3;;;/q3*-1;;;;;;. The van der Waals surface area contributed by atoms with Gasteiger partial charge >= 0.3 is 0 Å². The monoisotopic (exact) mass is 1890 g/mol. The smallest absolute Gasteiger partial charge is 0.0933 e. The molecule has 9 rings (SSSR count). The van der Waals surface area contributed by atoms with Crippen molar-refractivity contribution in [3.8, 4) is 33.8 Å². The fourth-order valence-electron chi connectivity index (χ4n) is 11.1. The second-order valence-corrected chi connectivity index (χ2v) is 30.7. The Morgan fingerprint density at radius 1 is 0.430 bits per heavy atom. The van der Waals surface area contributed by atoms with Gasteiger partial charge in [0.15, 0.2) is 0 Å². The maximum Gasteiger partial charge on any atom is 0.0933 e. The van der Waals surface area contributed by atoms with E-state index in [-0.39, 0.29) is 99.9 Å². The number of fused-ring (bicyclic) bond motifs is 3. The zero-order chi connectivity index (χ0) is 73.0. The largest absolute Gasteiger partial charge is 0.513 e. The zero-order valence-electron chi connectivity index (χ0n) is 64.3. The van der Waals surface area contributed by atoms with E-state index in [4.69, 9.17) is 25.2 Å². The van der Waals surface area contributed by atoms with E-state index in [9.17, 15) is 20.4 Å². The van der Waals surface area contributed by atoms with Crippen molar-refractivity contribution in [3.05, 3.63) is 231 Å². The molecule has 3 unspecified atom stereocenters. The van der Waals surface area contributed by atoms with Crippen LogP contribution in [0.3, 0.4) is 0 Å². The van der Waals surface area contributed by atoms with E-state index in [0.717, 1.165) is 67.0 Å². The van der Waals surface area contributed by atoms with Gasteiger partial charge in [0.1, 0.15) is 0 Å². The number of aromatic nitrogens is 3. The van der Waals surface area contributed by atoms with Crippen LogP contribution in [0, 0.1) is 83.4 Å². The number of pyridine rings is 3. The molecule has 3 heterocycles. The van der Waals surface area contributed by atoms with Crippen LogP contribution in [0.15, 0.2) is 163 Å². The Morgan fingerprint density at radius 2 is 0.750 bits per heavy atom. The Hall–Kier alpha value is -6.00. The summed E-state index contributed by atoms with van der Waals surface area (Å²) in [7, 11) is 0. The Labute approximate surface area is 642 Å². The van der Waals surface area contributed by atoms with Gasteiger partial charge in [0.2, 0.25) is 0 Å². The van der Waals surface area contributed by atoms with Crippen molar-refractivity contribution in [2.24, 2.45) is 23.7 Å². The number of rotatable bonds is 12. The van der Waals surface area contributed by atoms with Crippen molar-refractivity contribution in [1.29, 1.82) is 0 Å². The van der Waals surface area contributed by atoms with Crippen molar-refractivity contribution < 1.29 is 91.0 Å². The topological polar surface area (TPSA) is 160 Å². The molecule has 100 heavy (non-hydrogen) atoms. The quantitative estimate of drug-likeness (QED) is 0.0517. The van der Waals surface area contributed by atoms with E-state index in [1.807, 2.05) is 41.5 Å². The molecule has 3 atom stereocenters. The van der Waals surface area contributed by atoms with Crippen molar-refractivity contribution in [2.75, 3.05) is 0 Å². The second kappa shape index (κ2) is 41.9. The summed E-state index contributed by atoms with van der Waals surface area (Å²) in [6.45, 7) is 51.7. The molecule has 6 N–H and O–H groups in total. The molecule has 0 fully saturated rings. The first-order valence-corrected chi connectivity index (χ1v) is 34.5. The van der Waals surface area contributed by atoms with Crippen LogP contribution in [-0.2, 0) is 76.6 Å². The predicted molar refractivity (Wildman–Crippen MR) is 413 cm³/mol. The maximum atomic E-state index is 9.47. The Kier molecular flexibility index (Phi) is 38.6. The molecular weight excluding hydrogens is 1770 g/mol. The van der Waals surface area contributed by atoms with Gasteiger partial charge in [0.05, 0.1) is 52.1 Å². The van der Waals surface area contributed by atoms with Crippen LogP contribution in [0.5, 0.6) is 0 Å². The van der Waals surface area contributed by atoms with Gasteiger partial charge in [-0.1, -0.05) is 232 Å². The molecule has 0 bridgehead atoms. The van der Waals surface area contributed by atoms with Gasteiger partial charge in [0, 0.05) is 88.8 Å². The third-order valence-corrected chi connectivity index (χ3v) is 15.7. The Morgan fingerprint density at radius 3 is 0.980 bits per heavy atom. The van der Waals surface area contributed by atoms with Gasteiger partial charge in [-0.25, -0.2) is 0 Å². The van der Waals surface area contributed by atoms with Crippen LogP contribution in [0.2, 0.25) is 0 Å². The first-order valence-electron chi connectivity index (χ1n) is 34.5. The molecule has 549 valence electrons. The number of aliphatic hydroxyl groups is 6. The molecule has 0 saturated heterocycles. The molecule has 0 aliphatic heterocycles. The maximum absolute atomic E-state index is 9.47. The summed E-state index contributed by atoms with van der Waals surface area (Å²) in [5.74, 6) is 1.89. The molecule has 0 aliphatic rings. The Bertz CT molecular complexity index is 3700. The summed E-state index contributed by atoms with van der Waals surface area (Å²) in [6, 6.07) is 55.2. The van der Waals surface area contributed by atoms with E-state index in [1.165, 1.54) is 68.6 Å². The van der Waals surface area contributed by atoms with E-state index in [1.54, 1.807) is 13.0 Å². The van der Waals surface area contributed by atoms with Gasteiger partial charge in [-0.2, -0.15) is 0 Å². The van der Waals surface area contributed by atoms with Crippen molar-refractivity contribution in [2.45, 2.75) is 220 Å². The van der Waals surface area contributed by atoms with Gasteiger partial charge in [0.25, 0.3) is 0 Å². The molecule has 0 saturated carbocycles. The summed E-state index contributed by atoms with van der Waals surface area (Å²) in [5, 5.41) is 58.1. The predicted octanol–water partition coefficient (Wildman–Crippen LogP) is 22.7. The Balaban J connectivity index is 0.000000619. The summed E-state index contributed by atoms with van der Waals surface area (Å²) in [4.78, 5) is 14.6. The fraction of sp³-hybridized carbons (Fsp3) is 0.420. The average molecular weight is 1890 g/mol. The van der Waals surface area contributed by atoms with E-state index in [0.29, 0.717) is 30.4 Å². The molecular formula is C88H116Ir3N3O6-3. The number of benzene rings is 6. The molecule has 0 aliphatic carbocycles. The molecule has 9 aromatic rings. The summed E-state index contributed by atoms with van der Waals surface area (Å²) in [5.41, 5.74) is 20.9. The molecule has 6 aromatic carbocycles. The number of nitrogens with zero attached hydrogens (tertiary/aromatic N) is 3. The molecule has 3 radical (unpaired) electrons. The molecule has 3 aromatic heterocycles. The molecule has 0 spiro atoms. The summed E-state index contributed by atoms with van der Waals surface area (Å²) < 4.78 is 0. The van der Waals surface area contributed by atoms with Gasteiger partial charge in [-0.3, -0.25) is 15.0 Å². The van der Waals surface area contributed by atoms with E-state index < -0.39 is 18.3 Å². The van der Waals surface area contributed by atoms with Crippen LogP contribution >= 0.6 is 0 Å². The van der Waals surface area contributed by atoms with Crippen LogP contribution in [-0.4, -0.2) is 63.9 Å². The zero-order valence-corrected chi connectivity index (χ0v) is 71.5. The van der Waals surface area contributed by atoms with Crippen molar-refractivity contribution >= 4 is 32.7 Å². The van der Waals surface area contributed by atoms with Gasteiger partial charge < -0.3 is 30.6 Å². The first-order chi connectivity index (χ1) is 45.0. The molecule has 12 heteroatoms. The number of hydrogen-bond acceptors (Lipinski definition) is 9. The van der Waals surface area contributed by atoms with E-state index >= 15 is 0 Å². The van der Waals surface area contributed by atoms with Crippen LogP contribution in [0.4, 0.5) is 0 Å². The fourth-order valence-corrected chi connectivity index (χ4v) is 11.1. The second-order valence-electron chi connectivity index (χ2n) is 30.7. The number of allylic oxidation sites excluding steroid dienone is 3. The van der Waals surface area contributed by atoms with Crippen LogP contribution in [0.1, 0.15) is 194 Å². The molecule has 0 amide bonds. The van der Waals surface area contributed by atoms with Gasteiger partial charge in [-0.05, 0) is 124 Å². The molecule has 9 nitrogen and oxygen atoms in total. The average Bonchev–Trinajstić information content (AvgIpc) is 0.798. The third-order valence-electron chi connectivity index (χ3n) is 15.7. The third kappa shape index (κ3) is 30.9. The minimum atomic E-state index is -0.537. The van der Waals surface area contributed by atoms with E-state index in [2.05, 4.69) is 263 Å². The summed E-state index contributed by atoms with van der Waals surface area (Å²) >= 11 is 0. The van der Waals surface area contributed by atoms with Crippen molar-refractivity contribution in [3.63, 3.8) is 0 Å². The number of aliphatic hydroxyl groups excluding tert-OH is 6. The van der Waals surface area contributed by atoms with Crippen LogP contribution < -0.4 is 0 Å². The number of hydrogen-bond donors (Lipinski definition) is 6. The summed E-state index contributed by atoms with van der Waals surface area (Å²) in [6.07, 6.45) is 4.22. The minimum absolute atomic E-state index is 0. The van der Waals surface area contributed by atoms with Crippen LogP contribution in [0.25, 0.3) is 66.5 Å². The number of aryl methyl sites for hydroxylation is 6.